The predicted octanol–water partition coefficient (Wildman–Crippen LogP) is 3.05. The van der Waals surface area contributed by atoms with Gasteiger partial charge < -0.3 is 5.11 Å². The van der Waals surface area contributed by atoms with E-state index in [1.54, 1.807) is 22.7 Å². The van der Waals surface area contributed by atoms with Gasteiger partial charge in [-0.25, -0.2) is 4.98 Å². The van der Waals surface area contributed by atoms with Gasteiger partial charge in [0, 0.05) is 17.5 Å². The number of hydrogen-bond donors (Lipinski definition) is 1. The Bertz CT molecular complexity index is 422. The van der Waals surface area contributed by atoms with E-state index < -0.39 is 0 Å². The van der Waals surface area contributed by atoms with Crippen molar-refractivity contribution in [2.75, 3.05) is 0 Å². The van der Waals surface area contributed by atoms with Crippen LogP contribution in [0.15, 0.2) is 22.2 Å². The third-order valence-electron chi connectivity index (χ3n) is 2.42. The van der Waals surface area contributed by atoms with Gasteiger partial charge in [0.2, 0.25) is 0 Å². The maximum Gasteiger partial charge on any atom is 0.0953 e. The molecule has 1 unspecified atom stereocenters. The molecule has 0 saturated heterocycles. The maximum absolute atomic E-state index is 9.88. The molecule has 0 aromatic carbocycles. The molecule has 0 radical (unpaired) electrons. The molecule has 2 nitrogen and oxygen atoms in total. The third kappa shape index (κ3) is 3.40. The van der Waals surface area contributed by atoms with Crippen molar-refractivity contribution in [3.05, 3.63) is 38.5 Å². The molecule has 0 aliphatic heterocycles. The molecule has 16 heavy (non-hydrogen) atoms. The smallest absolute Gasteiger partial charge is 0.0953 e. The summed E-state index contributed by atoms with van der Waals surface area (Å²) in [6.07, 6.45) is 2.18. The lowest BCUT2D eigenvalue weighted by molar-refractivity contribution is 0.165. The van der Waals surface area contributed by atoms with E-state index >= 15 is 0 Å². The van der Waals surface area contributed by atoms with Gasteiger partial charge >= 0.3 is 0 Å². The first-order valence-corrected chi connectivity index (χ1v) is 7.16. The van der Waals surface area contributed by atoms with Crippen LogP contribution in [-0.4, -0.2) is 16.2 Å². The predicted molar refractivity (Wildman–Crippen MR) is 69.2 cm³/mol. The summed E-state index contributed by atoms with van der Waals surface area (Å²) in [5.41, 5.74) is 2.37. The fourth-order valence-corrected chi connectivity index (χ4v) is 3.12. The number of aliphatic hydroxyl groups is 1. The van der Waals surface area contributed by atoms with E-state index in [-0.39, 0.29) is 6.10 Å². The van der Waals surface area contributed by atoms with Crippen LogP contribution in [0.4, 0.5) is 0 Å². The van der Waals surface area contributed by atoms with Crippen LogP contribution in [0.1, 0.15) is 22.7 Å². The van der Waals surface area contributed by atoms with Crippen LogP contribution in [0.2, 0.25) is 0 Å². The highest BCUT2D eigenvalue weighted by molar-refractivity contribution is 7.09. The van der Waals surface area contributed by atoms with Crippen molar-refractivity contribution in [3.63, 3.8) is 0 Å². The van der Waals surface area contributed by atoms with Crippen molar-refractivity contribution >= 4 is 22.7 Å². The number of aliphatic hydroxyl groups excluding tert-OH is 1. The van der Waals surface area contributed by atoms with E-state index in [1.165, 1.54) is 5.56 Å². The number of aryl methyl sites for hydroxylation is 2. The summed E-state index contributed by atoms with van der Waals surface area (Å²) in [6.45, 7) is 1.98. The minimum atomic E-state index is -0.273. The SMILES string of the molecule is Cc1csc(CC(O)CCc2ccsc2)n1. The lowest BCUT2D eigenvalue weighted by atomic mass is 10.1. The van der Waals surface area contributed by atoms with Gasteiger partial charge in [-0.15, -0.1) is 11.3 Å². The highest BCUT2D eigenvalue weighted by Gasteiger charge is 2.08. The van der Waals surface area contributed by atoms with E-state index in [0.29, 0.717) is 6.42 Å². The van der Waals surface area contributed by atoms with Gasteiger partial charge in [0.15, 0.2) is 0 Å². The second-order valence-electron chi connectivity index (χ2n) is 3.91. The van der Waals surface area contributed by atoms with Crippen LogP contribution < -0.4 is 0 Å². The van der Waals surface area contributed by atoms with E-state index in [2.05, 4.69) is 21.8 Å². The molecule has 1 N–H and O–H groups in total. The Morgan fingerprint density at radius 2 is 2.31 bits per heavy atom. The quantitative estimate of drug-likeness (QED) is 0.888. The van der Waals surface area contributed by atoms with Crippen LogP contribution in [0, 0.1) is 6.92 Å². The van der Waals surface area contributed by atoms with Crippen LogP contribution in [0.5, 0.6) is 0 Å². The van der Waals surface area contributed by atoms with E-state index in [1.807, 2.05) is 12.3 Å². The largest absolute Gasteiger partial charge is 0.393 e. The fraction of sp³-hybridized carbons (Fsp3) is 0.417. The summed E-state index contributed by atoms with van der Waals surface area (Å²) in [4.78, 5) is 4.36. The average molecular weight is 253 g/mol. The van der Waals surface area contributed by atoms with Crippen molar-refractivity contribution in [1.82, 2.24) is 4.98 Å². The lowest BCUT2D eigenvalue weighted by Gasteiger charge is -2.07. The van der Waals surface area contributed by atoms with Crippen LogP contribution >= 0.6 is 22.7 Å². The summed E-state index contributed by atoms with van der Waals surface area (Å²) < 4.78 is 0. The first-order valence-electron chi connectivity index (χ1n) is 5.34. The second-order valence-corrected chi connectivity index (χ2v) is 5.63. The number of aromatic nitrogens is 1. The lowest BCUT2D eigenvalue weighted by Crippen LogP contribution is -2.11. The van der Waals surface area contributed by atoms with Gasteiger partial charge in [-0.05, 0) is 42.2 Å². The summed E-state index contributed by atoms with van der Waals surface area (Å²) in [5, 5.41) is 17.2. The van der Waals surface area contributed by atoms with Gasteiger partial charge in [0.05, 0.1) is 11.1 Å². The molecule has 0 spiro atoms. The van der Waals surface area contributed by atoms with Gasteiger partial charge in [0.25, 0.3) is 0 Å². The minimum absolute atomic E-state index is 0.273. The molecule has 86 valence electrons. The summed E-state index contributed by atoms with van der Waals surface area (Å²) >= 11 is 3.34. The Morgan fingerprint density at radius 3 is 2.94 bits per heavy atom. The first kappa shape index (κ1) is 11.8. The molecule has 4 heteroatoms. The zero-order valence-electron chi connectivity index (χ0n) is 9.22. The molecule has 0 amide bonds. The Hall–Kier alpha value is -0.710. The normalized spacial score (nSPS) is 12.9. The molecule has 2 aromatic rings. The van der Waals surface area contributed by atoms with Crippen LogP contribution in [0.3, 0.4) is 0 Å². The highest BCUT2D eigenvalue weighted by Crippen LogP contribution is 2.15. The van der Waals surface area contributed by atoms with Gasteiger partial charge in [-0.1, -0.05) is 0 Å². The van der Waals surface area contributed by atoms with Crippen molar-refractivity contribution in [3.8, 4) is 0 Å². The Morgan fingerprint density at radius 1 is 1.44 bits per heavy atom. The van der Waals surface area contributed by atoms with Crippen molar-refractivity contribution < 1.29 is 5.11 Å². The van der Waals surface area contributed by atoms with Crippen molar-refractivity contribution in [1.29, 1.82) is 0 Å². The molecular weight excluding hydrogens is 238 g/mol. The Balaban J connectivity index is 1.78. The number of thiazole rings is 1. The van der Waals surface area contributed by atoms with Crippen molar-refractivity contribution in [2.45, 2.75) is 32.3 Å². The second kappa shape index (κ2) is 5.57. The van der Waals surface area contributed by atoms with Gasteiger partial charge in [-0.2, -0.15) is 11.3 Å². The molecule has 2 rings (SSSR count). The number of rotatable bonds is 5. The third-order valence-corrected chi connectivity index (χ3v) is 4.14. The fourth-order valence-electron chi connectivity index (χ4n) is 1.57. The molecular formula is C12H15NOS2. The topological polar surface area (TPSA) is 33.1 Å². The van der Waals surface area contributed by atoms with E-state index in [4.69, 9.17) is 0 Å². The molecule has 0 fully saturated rings. The Kier molecular flexibility index (Phi) is 4.09. The number of hydrogen-bond acceptors (Lipinski definition) is 4. The van der Waals surface area contributed by atoms with Gasteiger partial charge in [0.1, 0.15) is 0 Å². The molecule has 1 atom stereocenters. The minimum Gasteiger partial charge on any atom is -0.393 e. The van der Waals surface area contributed by atoms with Crippen LogP contribution in [0.25, 0.3) is 0 Å². The van der Waals surface area contributed by atoms with Crippen LogP contribution in [-0.2, 0) is 12.8 Å². The number of nitrogens with zero attached hydrogens (tertiary/aromatic N) is 1. The standard InChI is InChI=1S/C12H15NOS2/c1-9-7-16-12(13-9)6-11(14)3-2-10-4-5-15-8-10/h4-5,7-8,11,14H,2-3,6H2,1H3. The summed E-state index contributed by atoms with van der Waals surface area (Å²) in [6, 6.07) is 2.12. The molecule has 0 aliphatic rings. The molecule has 0 saturated carbocycles. The molecule has 0 bridgehead atoms. The number of thiophene rings is 1. The van der Waals surface area contributed by atoms with Gasteiger partial charge in [-0.3, -0.25) is 0 Å². The van der Waals surface area contributed by atoms with Crippen molar-refractivity contribution in [2.24, 2.45) is 0 Å². The van der Waals surface area contributed by atoms with E-state index in [0.717, 1.165) is 23.5 Å². The first-order chi connectivity index (χ1) is 7.74. The Labute approximate surface area is 104 Å². The average Bonchev–Trinajstić information content (AvgIpc) is 2.87. The highest BCUT2D eigenvalue weighted by atomic mass is 32.1. The summed E-state index contributed by atoms with van der Waals surface area (Å²) in [7, 11) is 0. The molecule has 2 heterocycles. The van der Waals surface area contributed by atoms with E-state index in [9.17, 15) is 5.11 Å². The molecule has 0 aliphatic carbocycles. The molecule has 2 aromatic heterocycles. The summed E-state index contributed by atoms with van der Waals surface area (Å²) in [5.74, 6) is 0. The maximum atomic E-state index is 9.88. The zero-order chi connectivity index (χ0) is 11.4. The zero-order valence-corrected chi connectivity index (χ0v) is 10.9. The monoisotopic (exact) mass is 253 g/mol.